The summed E-state index contributed by atoms with van der Waals surface area (Å²) in [4.78, 5) is 0. The lowest BCUT2D eigenvalue weighted by atomic mass is 9.95. The molecule has 6 heteroatoms. The van der Waals surface area contributed by atoms with E-state index in [1.54, 1.807) is 0 Å². The van der Waals surface area contributed by atoms with Gasteiger partial charge < -0.3 is 5.73 Å². The molecule has 2 N–H and O–H groups in total. The van der Waals surface area contributed by atoms with Gasteiger partial charge in [0.25, 0.3) is 0 Å². The highest BCUT2D eigenvalue weighted by atomic mass is 35.5. The predicted molar refractivity (Wildman–Crippen MR) is 85.1 cm³/mol. The molecular formula is C15H17ClN2O2S. The van der Waals surface area contributed by atoms with Gasteiger partial charge in [-0.3, -0.25) is 0 Å². The van der Waals surface area contributed by atoms with Gasteiger partial charge in [0.05, 0.1) is 18.3 Å². The Morgan fingerprint density at radius 3 is 1.81 bits per heavy atom. The van der Waals surface area contributed by atoms with Crippen LogP contribution in [0.15, 0.2) is 60.7 Å². The molecular weight excluding hydrogens is 308 g/mol. The first-order chi connectivity index (χ1) is 9.91. The average Bonchev–Trinajstić information content (AvgIpc) is 2.48. The van der Waals surface area contributed by atoms with Crippen molar-refractivity contribution in [3.63, 3.8) is 0 Å². The fourth-order valence-electron chi connectivity index (χ4n) is 2.16. The zero-order chi connectivity index (χ0) is 15.5. The number of benzene rings is 2. The quantitative estimate of drug-likeness (QED) is 0.860. The van der Waals surface area contributed by atoms with Crippen LogP contribution < -0.4 is 5.73 Å². The molecule has 0 heterocycles. The lowest BCUT2D eigenvalue weighted by Crippen LogP contribution is -2.33. The van der Waals surface area contributed by atoms with E-state index >= 15 is 0 Å². The van der Waals surface area contributed by atoms with Gasteiger partial charge in [-0.2, -0.15) is 0 Å². The maximum atomic E-state index is 11.8. The van der Waals surface area contributed by atoms with Crippen LogP contribution in [0.2, 0.25) is 0 Å². The third-order valence-corrected chi connectivity index (χ3v) is 5.02. The molecule has 0 saturated heterocycles. The largest absolute Gasteiger partial charge is 0.322 e. The normalized spacial score (nSPS) is 14.9. The van der Waals surface area contributed by atoms with Crippen LogP contribution in [-0.4, -0.2) is 18.5 Å². The van der Waals surface area contributed by atoms with Gasteiger partial charge in [-0.25, -0.2) is 8.42 Å². The molecule has 0 aliphatic carbocycles. The first-order valence-electron chi connectivity index (χ1n) is 6.42. The fourth-order valence-corrected chi connectivity index (χ4v) is 3.06. The van der Waals surface area contributed by atoms with Gasteiger partial charge in [0, 0.05) is 0 Å². The molecule has 0 aliphatic rings. The van der Waals surface area contributed by atoms with Crippen LogP contribution >= 0.6 is 11.8 Å². The fraction of sp³-hybridized carbons (Fsp3) is 0.200. The highest BCUT2D eigenvalue weighted by Crippen LogP contribution is 2.35. The average molecular weight is 325 g/mol. The molecule has 0 saturated carbocycles. The third kappa shape index (κ3) is 3.83. The summed E-state index contributed by atoms with van der Waals surface area (Å²) in [6.07, 6.45) is 1.06. The predicted octanol–water partition coefficient (Wildman–Crippen LogP) is 2.84. The summed E-state index contributed by atoms with van der Waals surface area (Å²) < 4.78 is 24.4. The van der Waals surface area contributed by atoms with Crippen LogP contribution in [0.5, 0.6) is 0 Å². The molecule has 0 radical (unpaired) electrons. The molecule has 4 nitrogen and oxygen atoms in total. The standard InChI is InChI=1S/C15H17ClN2O2S/c1-21(19,20)18(16)15(13-10-6-3-7-11-13)14(17)12-8-4-2-5-9-12/h2-11,14-15H,17H2,1H3/t14-,15+/m0/s1. The molecule has 2 aromatic rings. The summed E-state index contributed by atoms with van der Waals surface area (Å²) in [6.45, 7) is 0. The number of hydrogen-bond acceptors (Lipinski definition) is 3. The van der Waals surface area contributed by atoms with Gasteiger partial charge in [-0.1, -0.05) is 60.7 Å². The first kappa shape index (κ1) is 16.0. The molecule has 0 amide bonds. The Bertz CT molecular complexity index is 677. The number of hydrogen-bond donors (Lipinski definition) is 1. The van der Waals surface area contributed by atoms with Crippen LogP contribution in [0.25, 0.3) is 0 Å². The Kier molecular flexibility index (Phi) is 5.00. The number of sulfonamides is 1. The monoisotopic (exact) mass is 324 g/mol. The molecule has 0 bridgehead atoms. The van der Waals surface area contributed by atoms with Crippen molar-refractivity contribution in [3.05, 3.63) is 71.8 Å². The first-order valence-corrected chi connectivity index (χ1v) is 8.60. The van der Waals surface area contributed by atoms with E-state index in [1.807, 2.05) is 60.7 Å². The Balaban J connectivity index is 2.46. The summed E-state index contributed by atoms with van der Waals surface area (Å²) in [5.41, 5.74) is 7.84. The lowest BCUT2D eigenvalue weighted by molar-refractivity contribution is 0.403. The van der Waals surface area contributed by atoms with Crippen molar-refractivity contribution < 1.29 is 8.42 Å². The van der Waals surface area contributed by atoms with E-state index in [2.05, 4.69) is 0 Å². The zero-order valence-electron chi connectivity index (χ0n) is 11.6. The van der Waals surface area contributed by atoms with E-state index in [9.17, 15) is 8.42 Å². The van der Waals surface area contributed by atoms with Crippen molar-refractivity contribution in [1.82, 2.24) is 3.82 Å². The summed E-state index contributed by atoms with van der Waals surface area (Å²) in [5, 5.41) is 0. The van der Waals surface area contributed by atoms with Gasteiger partial charge in [-0.05, 0) is 22.9 Å². The maximum Gasteiger partial charge on any atom is 0.225 e. The number of halogens is 1. The van der Waals surface area contributed by atoms with Crippen LogP contribution in [-0.2, 0) is 10.0 Å². The van der Waals surface area contributed by atoms with Crippen molar-refractivity contribution in [2.24, 2.45) is 5.73 Å². The van der Waals surface area contributed by atoms with E-state index < -0.39 is 22.1 Å². The summed E-state index contributed by atoms with van der Waals surface area (Å²) in [5.74, 6) is 0. The molecule has 2 aromatic carbocycles. The maximum absolute atomic E-state index is 11.8. The number of rotatable bonds is 5. The summed E-state index contributed by atoms with van der Waals surface area (Å²) in [6, 6.07) is 17.2. The molecule has 2 rings (SSSR count). The molecule has 0 spiro atoms. The zero-order valence-corrected chi connectivity index (χ0v) is 13.1. The van der Waals surface area contributed by atoms with Crippen molar-refractivity contribution in [1.29, 1.82) is 0 Å². The smallest absolute Gasteiger partial charge is 0.225 e. The molecule has 0 unspecified atom stereocenters. The Morgan fingerprint density at radius 2 is 1.38 bits per heavy atom. The highest BCUT2D eigenvalue weighted by molar-refractivity contribution is 7.89. The van der Waals surface area contributed by atoms with E-state index in [4.69, 9.17) is 17.5 Å². The third-order valence-electron chi connectivity index (χ3n) is 3.20. The molecule has 0 aromatic heterocycles. The van der Waals surface area contributed by atoms with Crippen LogP contribution in [0.1, 0.15) is 23.2 Å². The minimum absolute atomic E-state index is 0.569. The van der Waals surface area contributed by atoms with Gasteiger partial charge in [0.2, 0.25) is 10.0 Å². The van der Waals surface area contributed by atoms with Gasteiger partial charge in [-0.15, -0.1) is 3.82 Å². The van der Waals surface area contributed by atoms with Gasteiger partial charge in [0.15, 0.2) is 0 Å². The Labute approximate surface area is 130 Å². The van der Waals surface area contributed by atoms with Crippen molar-refractivity contribution in [2.45, 2.75) is 12.1 Å². The van der Waals surface area contributed by atoms with E-state index in [0.717, 1.165) is 21.2 Å². The van der Waals surface area contributed by atoms with E-state index in [1.165, 1.54) is 0 Å². The summed E-state index contributed by atoms with van der Waals surface area (Å²) in [7, 11) is -3.58. The Hall–Kier alpha value is -1.40. The summed E-state index contributed by atoms with van der Waals surface area (Å²) >= 11 is 6.07. The van der Waals surface area contributed by atoms with Gasteiger partial charge in [0.1, 0.15) is 0 Å². The second kappa shape index (κ2) is 6.58. The SMILES string of the molecule is CS(=O)(=O)N(Cl)[C@H](c1ccccc1)[C@@H](N)c1ccccc1. The van der Waals surface area contributed by atoms with E-state index in [-0.39, 0.29) is 0 Å². The second-order valence-corrected chi connectivity index (χ2v) is 7.22. The highest BCUT2D eigenvalue weighted by Gasteiger charge is 2.32. The minimum Gasteiger partial charge on any atom is -0.322 e. The number of nitrogens with two attached hydrogens (primary N) is 1. The van der Waals surface area contributed by atoms with Crippen LogP contribution in [0.4, 0.5) is 0 Å². The molecule has 0 fully saturated rings. The molecule has 112 valence electrons. The second-order valence-electron chi connectivity index (χ2n) is 4.80. The van der Waals surface area contributed by atoms with Crippen LogP contribution in [0, 0.1) is 0 Å². The topological polar surface area (TPSA) is 63.4 Å². The molecule has 21 heavy (non-hydrogen) atoms. The van der Waals surface area contributed by atoms with Crippen molar-refractivity contribution in [3.8, 4) is 0 Å². The van der Waals surface area contributed by atoms with Crippen molar-refractivity contribution in [2.75, 3.05) is 6.26 Å². The number of nitrogens with zero attached hydrogens (tertiary/aromatic N) is 1. The molecule has 2 atom stereocenters. The van der Waals surface area contributed by atoms with Gasteiger partial charge >= 0.3 is 0 Å². The minimum atomic E-state index is -3.58. The lowest BCUT2D eigenvalue weighted by Gasteiger charge is -2.29. The Morgan fingerprint density at radius 1 is 0.952 bits per heavy atom. The molecule has 0 aliphatic heterocycles. The van der Waals surface area contributed by atoms with E-state index in [0.29, 0.717) is 0 Å². The van der Waals surface area contributed by atoms with Crippen molar-refractivity contribution >= 4 is 21.8 Å². The van der Waals surface area contributed by atoms with Crippen LogP contribution in [0.3, 0.4) is 0 Å².